The van der Waals surface area contributed by atoms with Crippen LogP contribution in [0.3, 0.4) is 0 Å². The Bertz CT molecular complexity index is 725. The molecular formula is C19H20O5. The molecule has 2 aliphatic heterocycles. The molecule has 0 fully saturated rings. The van der Waals surface area contributed by atoms with Crippen molar-refractivity contribution in [2.24, 2.45) is 0 Å². The largest absolute Gasteiger partial charge is 0.497 e. The lowest BCUT2D eigenvalue weighted by atomic mass is 9.86. The summed E-state index contributed by atoms with van der Waals surface area (Å²) in [6, 6.07) is 12.1. The lowest BCUT2D eigenvalue weighted by Crippen LogP contribution is -2.28. The molecule has 0 saturated heterocycles. The highest BCUT2D eigenvalue weighted by molar-refractivity contribution is 5.55. The average Bonchev–Trinajstić information content (AvgIpc) is 3.07. The summed E-state index contributed by atoms with van der Waals surface area (Å²) in [5.41, 5.74) is 2.30. The fourth-order valence-electron chi connectivity index (χ4n) is 3.26. The van der Waals surface area contributed by atoms with Gasteiger partial charge in [-0.3, -0.25) is 0 Å². The first kappa shape index (κ1) is 15.1. The van der Waals surface area contributed by atoms with Crippen LogP contribution in [0.4, 0.5) is 0 Å². The van der Waals surface area contributed by atoms with Crippen LogP contribution >= 0.6 is 0 Å². The Morgan fingerprint density at radius 2 is 1.79 bits per heavy atom. The van der Waals surface area contributed by atoms with Gasteiger partial charge in [-0.15, -0.1) is 0 Å². The first-order valence-electron chi connectivity index (χ1n) is 8.14. The Kier molecular flexibility index (Phi) is 3.94. The van der Waals surface area contributed by atoms with Crippen molar-refractivity contribution in [2.45, 2.75) is 25.6 Å². The fraction of sp³-hybridized carbons (Fsp3) is 0.368. The Morgan fingerprint density at radius 1 is 1.04 bits per heavy atom. The van der Waals surface area contributed by atoms with E-state index in [4.69, 9.17) is 23.7 Å². The number of benzene rings is 2. The van der Waals surface area contributed by atoms with Crippen LogP contribution in [0.15, 0.2) is 36.4 Å². The zero-order valence-corrected chi connectivity index (χ0v) is 13.8. The van der Waals surface area contributed by atoms with E-state index in [-0.39, 0.29) is 19.0 Å². The third-order valence-electron chi connectivity index (χ3n) is 4.44. The van der Waals surface area contributed by atoms with Gasteiger partial charge in [0, 0.05) is 30.6 Å². The molecule has 0 aliphatic carbocycles. The van der Waals surface area contributed by atoms with Gasteiger partial charge in [0.2, 0.25) is 13.1 Å². The highest BCUT2D eigenvalue weighted by atomic mass is 16.7. The SMILES string of the molecule is CCOC1C[C@@H](c2ccc(OC)cc2)c2cc3c(cc2O1)OCO3. The summed E-state index contributed by atoms with van der Waals surface area (Å²) in [5, 5.41) is 0. The quantitative estimate of drug-likeness (QED) is 0.856. The van der Waals surface area contributed by atoms with E-state index in [0.29, 0.717) is 6.61 Å². The zero-order chi connectivity index (χ0) is 16.5. The van der Waals surface area contributed by atoms with Crippen molar-refractivity contribution in [3.05, 3.63) is 47.5 Å². The molecule has 0 saturated carbocycles. The monoisotopic (exact) mass is 328 g/mol. The summed E-state index contributed by atoms with van der Waals surface area (Å²) in [5.74, 6) is 3.30. The lowest BCUT2D eigenvalue weighted by Gasteiger charge is -2.32. The molecule has 0 aromatic heterocycles. The van der Waals surface area contributed by atoms with Crippen LogP contribution in [0.2, 0.25) is 0 Å². The van der Waals surface area contributed by atoms with Gasteiger partial charge in [0.05, 0.1) is 7.11 Å². The minimum Gasteiger partial charge on any atom is -0.497 e. The van der Waals surface area contributed by atoms with Gasteiger partial charge in [-0.1, -0.05) is 12.1 Å². The molecule has 5 heteroatoms. The summed E-state index contributed by atoms with van der Waals surface area (Å²) in [6.07, 6.45) is 0.488. The summed E-state index contributed by atoms with van der Waals surface area (Å²) in [4.78, 5) is 0. The van der Waals surface area contributed by atoms with E-state index in [0.717, 1.165) is 35.0 Å². The molecule has 2 aromatic carbocycles. The predicted octanol–water partition coefficient (Wildman–Crippen LogP) is 3.70. The highest BCUT2D eigenvalue weighted by Crippen LogP contribution is 2.47. The van der Waals surface area contributed by atoms with E-state index in [9.17, 15) is 0 Å². The first-order valence-corrected chi connectivity index (χ1v) is 8.14. The van der Waals surface area contributed by atoms with Crippen LogP contribution < -0.4 is 18.9 Å². The van der Waals surface area contributed by atoms with Gasteiger partial charge < -0.3 is 23.7 Å². The van der Waals surface area contributed by atoms with Crippen molar-refractivity contribution >= 4 is 0 Å². The van der Waals surface area contributed by atoms with Gasteiger partial charge in [-0.2, -0.15) is 0 Å². The van der Waals surface area contributed by atoms with Crippen molar-refractivity contribution in [2.75, 3.05) is 20.5 Å². The molecule has 126 valence electrons. The molecule has 24 heavy (non-hydrogen) atoms. The van der Waals surface area contributed by atoms with E-state index in [1.54, 1.807) is 7.11 Å². The molecule has 0 radical (unpaired) electrons. The molecule has 2 atom stereocenters. The molecule has 0 amide bonds. The Balaban J connectivity index is 1.74. The number of hydrogen-bond acceptors (Lipinski definition) is 5. The van der Waals surface area contributed by atoms with E-state index in [1.165, 1.54) is 5.56 Å². The second kappa shape index (κ2) is 6.24. The lowest BCUT2D eigenvalue weighted by molar-refractivity contribution is -0.0894. The number of rotatable bonds is 4. The van der Waals surface area contributed by atoms with Crippen LogP contribution in [-0.4, -0.2) is 26.8 Å². The minimum atomic E-state index is -0.269. The second-order valence-corrected chi connectivity index (χ2v) is 5.81. The molecule has 2 heterocycles. The number of hydrogen-bond donors (Lipinski definition) is 0. The maximum atomic E-state index is 6.01. The van der Waals surface area contributed by atoms with Crippen LogP contribution in [0.5, 0.6) is 23.0 Å². The summed E-state index contributed by atoms with van der Waals surface area (Å²) >= 11 is 0. The third-order valence-corrected chi connectivity index (χ3v) is 4.44. The second-order valence-electron chi connectivity index (χ2n) is 5.81. The number of fused-ring (bicyclic) bond motifs is 2. The molecule has 0 spiro atoms. The molecule has 0 N–H and O–H groups in total. The van der Waals surface area contributed by atoms with Crippen molar-refractivity contribution in [3.63, 3.8) is 0 Å². The third kappa shape index (κ3) is 2.65. The van der Waals surface area contributed by atoms with Gasteiger partial charge in [-0.25, -0.2) is 0 Å². The van der Waals surface area contributed by atoms with E-state index in [2.05, 4.69) is 12.1 Å². The molecule has 5 nitrogen and oxygen atoms in total. The summed E-state index contributed by atoms with van der Waals surface area (Å²) < 4.78 is 28.0. The minimum absolute atomic E-state index is 0.172. The summed E-state index contributed by atoms with van der Waals surface area (Å²) in [7, 11) is 1.67. The molecule has 1 unspecified atom stereocenters. The molecule has 4 rings (SSSR count). The van der Waals surface area contributed by atoms with Crippen LogP contribution in [0, 0.1) is 0 Å². The topological polar surface area (TPSA) is 46.2 Å². The molecular weight excluding hydrogens is 308 g/mol. The maximum Gasteiger partial charge on any atom is 0.231 e. The normalized spacial score (nSPS) is 21.1. The van der Waals surface area contributed by atoms with Gasteiger partial charge in [-0.05, 0) is 30.7 Å². The van der Waals surface area contributed by atoms with Gasteiger partial charge in [0.1, 0.15) is 11.5 Å². The van der Waals surface area contributed by atoms with Crippen molar-refractivity contribution in [1.82, 2.24) is 0 Å². The average molecular weight is 328 g/mol. The Morgan fingerprint density at radius 3 is 2.50 bits per heavy atom. The van der Waals surface area contributed by atoms with Crippen molar-refractivity contribution < 1.29 is 23.7 Å². The van der Waals surface area contributed by atoms with Gasteiger partial charge in [0.25, 0.3) is 0 Å². The molecule has 2 aromatic rings. The van der Waals surface area contributed by atoms with Gasteiger partial charge >= 0.3 is 0 Å². The molecule has 2 aliphatic rings. The zero-order valence-electron chi connectivity index (χ0n) is 13.8. The Hall–Kier alpha value is -2.40. The highest BCUT2D eigenvalue weighted by Gasteiger charge is 2.32. The van der Waals surface area contributed by atoms with Crippen molar-refractivity contribution in [3.8, 4) is 23.0 Å². The van der Waals surface area contributed by atoms with Crippen molar-refractivity contribution in [1.29, 1.82) is 0 Å². The van der Waals surface area contributed by atoms with E-state index >= 15 is 0 Å². The fourth-order valence-corrected chi connectivity index (χ4v) is 3.26. The number of methoxy groups -OCH3 is 1. The molecule has 0 bridgehead atoms. The van der Waals surface area contributed by atoms with Crippen LogP contribution in [0.1, 0.15) is 30.4 Å². The van der Waals surface area contributed by atoms with E-state index in [1.807, 2.05) is 31.2 Å². The standard InChI is InChI=1S/C19H20O5/c1-3-21-19-9-14(12-4-6-13(20-2)7-5-12)15-8-17-18(23-11-22-17)10-16(15)24-19/h4-8,10,14,19H,3,9,11H2,1-2H3/t14-,19?/m0/s1. The van der Waals surface area contributed by atoms with Crippen LogP contribution in [-0.2, 0) is 4.74 Å². The Labute approximate surface area is 141 Å². The van der Waals surface area contributed by atoms with Crippen LogP contribution in [0.25, 0.3) is 0 Å². The predicted molar refractivity (Wildman–Crippen MR) is 88.1 cm³/mol. The smallest absolute Gasteiger partial charge is 0.231 e. The number of ether oxygens (including phenoxy) is 5. The summed E-state index contributed by atoms with van der Waals surface area (Å²) in [6.45, 7) is 2.83. The maximum absolute atomic E-state index is 6.01. The van der Waals surface area contributed by atoms with E-state index < -0.39 is 0 Å². The first-order chi connectivity index (χ1) is 11.8. The van der Waals surface area contributed by atoms with Gasteiger partial charge in [0.15, 0.2) is 11.5 Å².